The van der Waals surface area contributed by atoms with Gasteiger partial charge in [-0.05, 0) is 18.1 Å². The van der Waals surface area contributed by atoms with Crippen LogP contribution in [0, 0.1) is 11.7 Å². The smallest absolute Gasteiger partial charge is 0.250 e. The van der Waals surface area contributed by atoms with Gasteiger partial charge in [-0.2, -0.15) is 0 Å². The van der Waals surface area contributed by atoms with Gasteiger partial charge in [0.05, 0.1) is 10.7 Å². The Bertz CT molecular complexity index is 533. The van der Waals surface area contributed by atoms with Gasteiger partial charge >= 0.3 is 0 Å². The Morgan fingerprint density at radius 2 is 2.11 bits per heavy atom. The van der Waals surface area contributed by atoms with Crippen molar-refractivity contribution in [3.63, 3.8) is 0 Å². The third kappa shape index (κ3) is 2.56. The van der Waals surface area contributed by atoms with Crippen molar-refractivity contribution < 1.29 is 14.0 Å². The van der Waals surface area contributed by atoms with Gasteiger partial charge in [-0.15, -0.1) is 0 Å². The molecule has 1 N–H and O–H groups in total. The van der Waals surface area contributed by atoms with E-state index in [0.717, 1.165) is 4.90 Å². The van der Waals surface area contributed by atoms with Crippen molar-refractivity contribution in [2.45, 2.75) is 19.9 Å². The van der Waals surface area contributed by atoms with Crippen LogP contribution in [0.2, 0.25) is 5.02 Å². The molecule has 1 aromatic rings. The Kier molecular flexibility index (Phi) is 3.75. The summed E-state index contributed by atoms with van der Waals surface area (Å²) >= 11 is 5.70. The monoisotopic (exact) mass is 284 g/mol. The maximum Gasteiger partial charge on any atom is 0.250 e. The molecule has 1 saturated heterocycles. The second kappa shape index (κ2) is 5.17. The largest absolute Gasteiger partial charge is 0.342 e. The zero-order valence-corrected chi connectivity index (χ0v) is 11.4. The van der Waals surface area contributed by atoms with E-state index < -0.39 is 11.9 Å². The summed E-state index contributed by atoms with van der Waals surface area (Å²) < 4.78 is 14.0. The van der Waals surface area contributed by atoms with Crippen LogP contribution in [0.5, 0.6) is 0 Å². The van der Waals surface area contributed by atoms with Crippen molar-refractivity contribution in [2.75, 3.05) is 11.4 Å². The number of rotatable bonds is 2. The predicted octanol–water partition coefficient (Wildman–Crippen LogP) is 1.97. The molecule has 0 bridgehead atoms. The van der Waals surface area contributed by atoms with Crippen molar-refractivity contribution in [3.8, 4) is 0 Å². The number of nitrogens with zero attached hydrogens (tertiary/aromatic N) is 1. The summed E-state index contributed by atoms with van der Waals surface area (Å²) in [5.74, 6) is -1.38. The fraction of sp³-hybridized carbons (Fsp3) is 0.385. The van der Waals surface area contributed by atoms with Crippen LogP contribution in [-0.4, -0.2) is 24.4 Å². The minimum absolute atomic E-state index is 0.0398. The number of piperazine rings is 1. The number of hydrogen-bond donors (Lipinski definition) is 1. The van der Waals surface area contributed by atoms with Crippen molar-refractivity contribution in [1.29, 1.82) is 0 Å². The molecule has 19 heavy (non-hydrogen) atoms. The fourth-order valence-electron chi connectivity index (χ4n) is 2.03. The standard InChI is InChI=1S/C13H14ClFN2O2/c1-7(2)12-13(19)17(6-10(18)16-12)9-5-3-4-8(14)11(9)15/h3-5,7,12H,6H2,1-2H3,(H,16,18). The van der Waals surface area contributed by atoms with Gasteiger partial charge in [-0.1, -0.05) is 31.5 Å². The minimum atomic E-state index is -0.685. The van der Waals surface area contributed by atoms with Gasteiger partial charge < -0.3 is 5.32 Å². The first-order valence-corrected chi connectivity index (χ1v) is 6.34. The highest BCUT2D eigenvalue weighted by atomic mass is 35.5. The van der Waals surface area contributed by atoms with E-state index in [9.17, 15) is 14.0 Å². The summed E-state index contributed by atoms with van der Waals surface area (Å²) in [6.07, 6.45) is 0. The summed E-state index contributed by atoms with van der Waals surface area (Å²) in [7, 11) is 0. The van der Waals surface area contributed by atoms with Crippen LogP contribution in [0.3, 0.4) is 0 Å². The predicted molar refractivity (Wildman–Crippen MR) is 70.5 cm³/mol. The van der Waals surface area contributed by atoms with Crippen molar-refractivity contribution in [2.24, 2.45) is 5.92 Å². The van der Waals surface area contributed by atoms with E-state index in [4.69, 9.17) is 11.6 Å². The van der Waals surface area contributed by atoms with Gasteiger partial charge in [-0.3, -0.25) is 14.5 Å². The second-order valence-corrected chi connectivity index (χ2v) is 5.19. The lowest BCUT2D eigenvalue weighted by atomic mass is 10.0. The molecule has 0 radical (unpaired) electrons. The normalized spacial score (nSPS) is 19.8. The van der Waals surface area contributed by atoms with E-state index in [1.807, 2.05) is 13.8 Å². The van der Waals surface area contributed by atoms with Crippen LogP contribution in [0.25, 0.3) is 0 Å². The lowest BCUT2D eigenvalue weighted by molar-refractivity contribution is -0.132. The number of nitrogens with one attached hydrogen (secondary N) is 1. The summed E-state index contributed by atoms with van der Waals surface area (Å²) in [6, 6.07) is 3.74. The highest BCUT2D eigenvalue weighted by Crippen LogP contribution is 2.27. The Balaban J connectivity index is 2.40. The zero-order valence-electron chi connectivity index (χ0n) is 10.6. The van der Waals surface area contributed by atoms with Gasteiger partial charge in [-0.25, -0.2) is 4.39 Å². The molecule has 0 saturated carbocycles. The van der Waals surface area contributed by atoms with Crippen LogP contribution < -0.4 is 10.2 Å². The highest BCUT2D eigenvalue weighted by molar-refractivity contribution is 6.31. The molecular formula is C13H14ClFN2O2. The number of halogens is 2. The van der Waals surface area contributed by atoms with E-state index in [0.29, 0.717) is 0 Å². The topological polar surface area (TPSA) is 49.4 Å². The Labute approximate surface area is 115 Å². The molecule has 1 aliphatic rings. The van der Waals surface area contributed by atoms with Crippen molar-refractivity contribution in [3.05, 3.63) is 29.0 Å². The molecule has 1 atom stereocenters. The lowest BCUT2D eigenvalue weighted by Gasteiger charge is -2.34. The molecule has 6 heteroatoms. The molecular weight excluding hydrogens is 271 g/mol. The van der Waals surface area contributed by atoms with Crippen molar-refractivity contribution >= 4 is 29.1 Å². The molecule has 0 aliphatic carbocycles. The first-order chi connectivity index (χ1) is 8.91. The van der Waals surface area contributed by atoms with Crippen LogP contribution >= 0.6 is 11.6 Å². The summed E-state index contributed by atoms with van der Waals surface area (Å²) in [5.41, 5.74) is 0.0398. The van der Waals surface area contributed by atoms with Crippen LogP contribution in [0.4, 0.5) is 10.1 Å². The number of carbonyl (C=O) groups is 2. The van der Waals surface area contributed by atoms with E-state index >= 15 is 0 Å². The molecule has 1 unspecified atom stereocenters. The van der Waals surface area contributed by atoms with Gasteiger partial charge in [0, 0.05) is 0 Å². The van der Waals surface area contributed by atoms with Crippen LogP contribution in [0.1, 0.15) is 13.8 Å². The van der Waals surface area contributed by atoms with Gasteiger partial charge in [0.2, 0.25) is 11.8 Å². The average molecular weight is 285 g/mol. The SMILES string of the molecule is CC(C)C1NC(=O)CN(c2cccc(Cl)c2F)C1=O. The van der Waals surface area contributed by atoms with Crippen molar-refractivity contribution in [1.82, 2.24) is 5.32 Å². The molecule has 0 spiro atoms. The second-order valence-electron chi connectivity index (χ2n) is 4.79. The molecule has 2 amide bonds. The van der Waals surface area contributed by atoms with E-state index in [1.165, 1.54) is 12.1 Å². The average Bonchev–Trinajstić information content (AvgIpc) is 2.35. The molecule has 1 aromatic carbocycles. The molecule has 1 fully saturated rings. The number of carbonyl (C=O) groups excluding carboxylic acids is 2. The van der Waals surface area contributed by atoms with Crippen LogP contribution in [-0.2, 0) is 9.59 Å². The Hall–Kier alpha value is -1.62. The number of anilines is 1. The molecule has 2 rings (SSSR count). The first kappa shape index (κ1) is 13.8. The molecule has 4 nitrogen and oxygen atoms in total. The molecule has 0 aromatic heterocycles. The summed E-state index contributed by atoms with van der Waals surface area (Å²) in [5, 5.41) is 2.54. The minimum Gasteiger partial charge on any atom is -0.342 e. The van der Waals surface area contributed by atoms with E-state index in [-0.39, 0.29) is 35.0 Å². The van der Waals surface area contributed by atoms with E-state index in [1.54, 1.807) is 6.07 Å². The Morgan fingerprint density at radius 1 is 1.42 bits per heavy atom. The first-order valence-electron chi connectivity index (χ1n) is 5.96. The maximum absolute atomic E-state index is 14.0. The highest BCUT2D eigenvalue weighted by Gasteiger charge is 2.36. The summed E-state index contributed by atoms with van der Waals surface area (Å²) in [6.45, 7) is 3.45. The zero-order chi connectivity index (χ0) is 14.2. The molecule has 1 heterocycles. The number of amides is 2. The Morgan fingerprint density at radius 3 is 2.74 bits per heavy atom. The molecule has 1 aliphatic heterocycles. The van der Waals surface area contributed by atoms with E-state index in [2.05, 4.69) is 5.32 Å². The van der Waals surface area contributed by atoms with Gasteiger partial charge in [0.15, 0.2) is 5.82 Å². The molecule has 102 valence electrons. The number of hydrogen-bond acceptors (Lipinski definition) is 2. The number of benzene rings is 1. The van der Waals surface area contributed by atoms with Gasteiger partial charge in [0.25, 0.3) is 0 Å². The quantitative estimate of drug-likeness (QED) is 0.903. The third-order valence-electron chi connectivity index (χ3n) is 3.04. The fourth-order valence-corrected chi connectivity index (χ4v) is 2.20. The third-order valence-corrected chi connectivity index (χ3v) is 3.33. The lowest BCUT2D eigenvalue weighted by Crippen LogP contribution is -2.60. The summed E-state index contributed by atoms with van der Waals surface area (Å²) in [4.78, 5) is 25.1. The maximum atomic E-state index is 14.0. The van der Waals surface area contributed by atoms with Crippen LogP contribution in [0.15, 0.2) is 18.2 Å². The van der Waals surface area contributed by atoms with Gasteiger partial charge in [0.1, 0.15) is 12.6 Å².